The van der Waals surface area contributed by atoms with Gasteiger partial charge < -0.3 is 29.2 Å². The quantitative estimate of drug-likeness (QED) is 0.629. The molecule has 4 rings (SSSR count). The van der Waals surface area contributed by atoms with Gasteiger partial charge in [0, 0.05) is 29.8 Å². The van der Waals surface area contributed by atoms with E-state index >= 15 is 0 Å². The van der Waals surface area contributed by atoms with Crippen molar-refractivity contribution in [1.29, 1.82) is 0 Å². The highest BCUT2D eigenvalue weighted by molar-refractivity contribution is 6.04. The molecule has 2 heterocycles. The van der Waals surface area contributed by atoms with Crippen LogP contribution in [0.3, 0.4) is 0 Å². The number of carbonyl (C=O) groups excluding carboxylic acids is 1. The number of carboxylic acid groups (broad SMARTS) is 1. The third kappa shape index (κ3) is 3.56. The van der Waals surface area contributed by atoms with Crippen molar-refractivity contribution in [2.75, 3.05) is 26.6 Å². The van der Waals surface area contributed by atoms with Crippen LogP contribution >= 0.6 is 0 Å². The Labute approximate surface area is 179 Å². The minimum atomic E-state index is -1.12. The van der Waals surface area contributed by atoms with Crippen molar-refractivity contribution in [2.24, 2.45) is 0 Å². The van der Waals surface area contributed by atoms with E-state index in [1.54, 1.807) is 50.2 Å². The molecular formula is C23H22N2O6. The number of methoxy groups -OCH3 is 3. The lowest BCUT2D eigenvalue weighted by Gasteiger charge is -2.27. The molecule has 0 aliphatic carbocycles. The van der Waals surface area contributed by atoms with E-state index in [1.807, 2.05) is 18.2 Å². The number of benzene rings is 2. The van der Waals surface area contributed by atoms with Gasteiger partial charge >= 0.3 is 5.97 Å². The van der Waals surface area contributed by atoms with E-state index in [9.17, 15) is 14.7 Å². The van der Waals surface area contributed by atoms with Crippen LogP contribution in [0.2, 0.25) is 0 Å². The zero-order valence-electron chi connectivity index (χ0n) is 17.3. The number of amides is 1. The molecule has 2 N–H and O–H groups in total. The number of carbonyl (C=O) groups is 2. The highest BCUT2D eigenvalue weighted by atomic mass is 16.5. The number of fused-ring (bicyclic) bond motifs is 1. The van der Waals surface area contributed by atoms with Crippen LogP contribution in [0.15, 0.2) is 48.7 Å². The first-order chi connectivity index (χ1) is 15.0. The molecule has 0 bridgehead atoms. The van der Waals surface area contributed by atoms with Crippen molar-refractivity contribution in [3.63, 3.8) is 0 Å². The van der Waals surface area contributed by atoms with E-state index in [0.717, 1.165) is 11.3 Å². The van der Waals surface area contributed by atoms with Crippen molar-refractivity contribution in [1.82, 2.24) is 4.57 Å². The van der Waals surface area contributed by atoms with Gasteiger partial charge in [0.05, 0.1) is 32.7 Å². The third-order valence-electron chi connectivity index (χ3n) is 5.42. The number of anilines is 1. The number of carboxylic acids is 1. The van der Waals surface area contributed by atoms with E-state index in [-0.39, 0.29) is 23.6 Å². The second-order valence-electron chi connectivity index (χ2n) is 7.09. The summed E-state index contributed by atoms with van der Waals surface area (Å²) in [6, 6.07) is 12.6. The summed E-state index contributed by atoms with van der Waals surface area (Å²) in [5.74, 6) is 0.0566. The number of ether oxygens (including phenoxy) is 3. The summed E-state index contributed by atoms with van der Waals surface area (Å²) in [6.07, 6.45) is 1.66. The lowest BCUT2D eigenvalue weighted by molar-refractivity contribution is -0.116. The van der Waals surface area contributed by atoms with E-state index in [4.69, 9.17) is 14.2 Å². The van der Waals surface area contributed by atoms with Crippen LogP contribution in [-0.4, -0.2) is 42.9 Å². The van der Waals surface area contributed by atoms with Crippen LogP contribution in [-0.2, 0) is 4.79 Å². The number of nitrogens with one attached hydrogen (secondary N) is 1. The van der Waals surface area contributed by atoms with Crippen LogP contribution in [0.5, 0.6) is 17.2 Å². The smallest absolute Gasteiger partial charge is 0.339 e. The first-order valence-electron chi connectivity index (χ1n) is 9.61. The number of aromatic carboxylic acids is 1. The average molecular weight is 422 g/mol. The summed E-state index contributed by atoms with van der Waals surface area (Å²) in [7, 11) is 4.70. The Morgan fingerprint density at radius 3 is 2.32 bits per heavy atom. The molecular weight excluding hydrogens is 400 g/mol. The predicted molar refractivity (Wildman–Crippen MR) is 114 cm³/mol. The molecule has 31 heavy (non-hydrogen) atoms. The topological polar surface area (TPSA) is 99.0 Å². The number of aromatic nitrogens is 1. The fraction of sp³-hybridized carbons (Fsp3) is 0.217. The summed E-state index contributed by atoms with van der Waals surface area (Å²) in [5.41, 5.74) is 2.45. The SMILES string of the molecule is COc1ccc(-n2cc(C(=O)O)c3c2C(c2cc(OC)ccc2OC)CC(=O)N3)cc1. The molecule has 0 spiro atoms. The van der Waals surface area contributed by atoms with Crippen LogP contribution in [0.4, 0.5) is 5.69 Å². The molecule has 160 valence electrons. The van der Waals surface area contributed by atoms with E-state index < -0.39 is 11.9 Å². The van der Waals surface area contributed by atoms with Crippen molar-refractivity contribution in [3.8, 4) is 22.9 Å². The van der Waals surface area contributed by atoms with Crippen molar-refractivity contribution >= 4 is 17.6 Å². The highest BCUT2D eigenvalue weighted by Gasteiger charge is 2.36. The maximum absolute atomic E-state index is 12.6. The van der Waals surface area contributed by atoms with Gasteiger partial charge in [-0.15, -0.1) is 0 Å². The van der Waals surface area contributed by atoms with Crippen LogP contribution in [0.1, 0.15) is 34.0 Å². The first-order valence-corrected chi connectivity index (χ1v) is 9.61. The molecule has 8 heteroatoms. The molecule has 0 saturated carbocycles. The average Bonchev–Trinajstić information content (AvgIpc) is 3.17. The van der Waals surface area contributed by atoms with Gasteiger partial charge in [-0.25, -0.2) is 4.79 Å². The molecule has 2 aromatic carbocycles. The lowest BCUT2D eigenvalue weighted by Crippen LogP contribution is -2.25. The maximum atomic E-state index is 12.6. The van der Waals surface area contributed by atoms with Gasteiger partial charge in [0.25, 0.3) is 0 Å². The molecule has 0 fully saturated rings. The minimum absolute atomic E-state index is 0.0192. The van der Waals surface area contributed by atoms with Crippen molar-refractivity contribution in [3.05, 3.63) is 65.5 Å². The van der Waals surface area contributed by atoms with Crippen molar-refractivity contribution < 1.29 is 28.9 Å². The second kappa shape index (κ2) is 8.06. The Bertz CT molecular complexity index is 1150. The maximum Gasteiger partial charge on any atom is 0.339 e. The molecule has 1 amide bonds. The standard InChI is InChI=1S/C23H22N2O6/c1-29-14-6-4-13(5-7-14)25-12-18(23(27)28)21-22(25)17(11-20(26)24-21)16-10-15(30-2)8-9-19(16)31-3/h4-10,12,17H,11H2,1-3H3,(H,24,26)(H,27,28). The summed E-state index contributed by atoms with van der Waals surface area (Å²) >= 11 is 0. The third-order valence-corrected chi connectivity index (χ3v) is 5.42. The molecule has 1 atom stereocenters. The van der Waals surface area contributed by atoms with E-state index in [1.165, 1.54) is 6.20 Å². The Morgan fingerprint density at radius 1 is 1.03 bits per heavy atom. The monoisotopic (exact) mass is 422 g/mol. The van der Waals surface area contributed by atoms with Gasteiger partial charge in [-0.2, -0.15) is 0 Å². The zero-order chi connectivity index (χ0) is 22.1. The number of nitrogens with zero attached hydrogens (tertiary/aromatic N) is 1. The van der Waals surface area contributed by atoms with Gasteiger partial charge in [0.1, 0.15) is 22.8 Å². The van der Waals surface area contributed by atoms with Crippen molar-refractivity contribution in [2.45, 2.75) is 12.3 Å². The molecule has 8 nitrogen and oxygen atoms in total. The van der Waals surface area contributed by atoms with Crippen LogP contribution < -0.4 is 19.5 Å². The largest absolute Gasteiger partial charge is 0.497 e. The Kier molecular flexibility index (Phi) is 5.29. The Balaban J connectivity index is 1.97. The van der Waals surface area contributed by atoms with E-state index in [0.29, 0.717) is 22.9 Å². The van der Waals surface area contributed by atoms with Gasteiger partial charge in [-0.05, 0) is 42.5 Å². The molecule has 0 radical (unpaired) electrons. The normalized spacial score (nSPS) is 15.1. The zero-order valence-corrected chi connectivity index (χ0v) is 17.3. The summed E-state index contributed by atoms with van der Waals surface area (Å²) < 4.78 is 17.9. The molecule has 3 aromatic rings. The Hall–Kier alpha value is -3.94. The predicted octanol–water partition coefficient (Wildman–Crippen LogP) is 3.68. The van der Waals surface area contributed by atoms with Gasteiger partial charge in [0.2, 0.25) is 5.91 Å². The van der Waals surface area contributed by atoms with Crippen LogP contribution in [0.25, 0.3) is 5.69 Å². The molecule has 1 unspecified atom stereocenters. The molecule has 1 aliphatic heterocycles. The number of rotatable bonds is 6. The van der Waals surface area contributed by atoms with Gasteiger partial charge in [0.15, 0.2) is 0 Å². The van der Waals surface area contributed by atoms with E-state index in [2.05, 4.69) is 5.32 Å². The highest BCUT2D eigenvalue weighted by Crippen LogP contribution is 2.45. The molecule has 0 saturated heterocycles. The second-order valence-corrected chi connectivity index (χ2v) is 7.09. The fourth-order valence-electron chi connectivity index (χ4n) is 3.96. The number of hydrogen-bond donors (Lipinski definition) is 2. The van der Waals surface area contributed by atoms with Gasteiger partial charge in [-0.1, -0.05) is 0 Å². The molecule has 1 aromatic heterocycles. The fourth-order valence-corrected chi connectivity index (χ4v) is 3.96. The summed E-state index contributed by atoms with van der Waals surface area (Å²) in [6.45, 7) is 0. The number of hydrogen-bond acceptors (Lipinski definition) is 5. The summed E-state index contributed by atoms with van der Waals surface area (Å²) in [5, 5.41) is 12.5. The first kappa shape index (κ1) is 20.3. The molecule has 1 aliphatic rings. The Morgan fingerprint density at radius 2 is 1.71 bits per heavy atom. The minimum Gasteiger partial charge on any atom is -0.497 e. The summed E-state index contributed by atoms with van der Waals surface area (Å²) in [4.78, 5) is 24.5. The van der Waals surface area contributed by atoms with Crippen LogP contribution in [0, 0.1) is 0 Å². The van der Waals surface area contributed by atoms with Gasteiger partial charge in [-0.3, -0.25) is 4.79 Å². The lowest BCUT2D eigenvalue weighted by atomic mass is 9.87.